The van der Waals surface area contributed by atoms with Gasteiger partial charge in [0, 0.05) is 18.1 Å². The number of carbonyl (C=O) groups is 3. The lowest BCUT2D eigenvalue weighted by atomic mass is 9.99. The molecule has 27 heavy (non-hydrogen) atoms. The summed E-state index contributed by atoms with van der Waals surface area (Å²) < 4.78 is 31.2. The van der Waals surface area contributed by atoms with E-state index in [0.29, 0.717) is 5.56 Å². The lowest BCUT2D eigenvalue weighted by molar-refractivity contribution is -0.147. The zero-order chi connectivity index (χ0) is 20.0. The normalized spacial score (nSPS) is 10.4. The molecule has 5 nitrogen and oxygen atoms in total. The van der Waals surface area contributed by atoms with Gasteiger partial charge in [0.1, 0.15) is 11.6 Å². The molecule has 0 bridgehead atoms. The Hall–Kier alpha value is -3.09. The first-order valence-corrected chi connectivity index (χ1v) is 8.27. The SMILES string of the molecule is Cc1ccc(C)c(C(=O)CCC(=O)OCC(=O)Nc2cc(F)ccc2F)c1. The number of halogens is 2. The molecule has 0 aliphatic carbocycles. The molecule has 0 saturated heterocycles. The van der Waals surface area contributed by atoms with E-state index >= 15 is 0 Å². The van der Waals surface area contributed by atoms with Crippen LogP contribution < -0.4 is 5.32 Å². The van der Waals surface area contributed by atoms with E-state index in [1.165, 1.54) is 0 Å². The van der Waals surface area contributed by atoms with Gasteiger partial charge < -0.3 is 10.1 Å². The van der Waals surface area contributed by atoms with E-state index in [4.69, 9.17) is 4.74 Å². The van der Waals surface area contributed by atoms with Gasteiger partial charge in [-0.2, -0.15) is 0 Å². The third kappa shape index (κ3) is 5.99. The highest BCUT2D eigenvalue weighted by molar-refractivity contribution is 5.99. The fraction of sp³-hybridized carbons (Fsp3) is 0.250. The lowest BCUT2D eigenvalue weighted by Gasteiger charge is -2.08. The smallest absolute Gasteiger partial charge is 0.306 e. The first-order valence-electron chi connectivity index (χ1n) is 8.27. The second kappa shape index (κ2) is 9.02. The molecule has 0 aromatic heterocycles. The molecule has 2 aromatic carbocycles. The molecule has 1 amide bonds. The molecule has 0 atom stereocenters. The van der Waals surface area contributed by atoms with Gasteiger partial charge in [-0.25, -0.2) is 8.78 Å². The van der Waals surface area contributed by atoms with Crippen LogP contribution in [0.3, 0.4) is 0 Å². The molecular formula is C20H19F2NO4. The largest absolute Gasteiger partial charge is 0.456 e. The lowest BCUT2D eigenvalue weighted by Crippen LogP contribution is -2.21. The molecule has 0 aliphatic heterocycles. The summed E-state index contributed by atoms with van der Waals surface area (Å²) in [6.45, 7) is 3.01. The van der Waals surface area contributed by atoms with Crippen molar-refractivity contribution < 1.29 is 27.9 Å². The Bertz CT molecular complexity index is 880. The Morgan fingerprint density at radius 3 is 2.48 bits per heavy atom. The molecular weight excluding hydrogens is 356 g/mol. The molecule has 0 saturated carbocycles. The highest BCUT2D eigenvalue weighted by atomic mass is 19.1. The molecule has 142 valence electrons. The van der Waals surface area contributed by atoms with E-state index in [-0.39, 0.29) is 24.3 Å². The monoisotopic (exact) mass is 375 g/mol. The molecule has 0 aliphatic rings. The van der Waals surface area contributed by atoms with Crippen molar-refractivity contribution in [3.05, 3.63) is 64.7 Å². The molecule has 0 radical (unpaired) electrons. The van der Waals surface area contributed by atoms with Gasteiger partial charge in [0.25, 0.3) is 5.91 Å². The minimum absolute atomic E-state index is 0.0523. The van der Waals surface area contributed by atoms with E-state index in [9.17, 15) is 23.2 Å². The summed E-state index contributed by atoms with van der Waals surface area (Å²) in [6.07, 6.45) is -0.239. The first kappa shape index (κ1) is 20.2. The summed E-state index contributed by atoms with van der Waals surface area (Å²) in [5, 5.41) is 2.11. The average Bonchev–Trinajstić information content (AvgIpc) is 2.63. The van der Waals surface area contributed by atoms with Crippen LogP contribution >= 0.6 is 0 Å². The molecule has 0 fully saturated rings. The number of carbonyl (C=O) groups excluding carboxylic acids is 3. The maximum absolute atomic E-state index is 13.4. The van der Waals surface area contributed by atoms with Crippen LogP contribution in [0.5, 0.6) is 0 Å². The Balaban J connectivity index is 1.80. The van der Waals surface area contributed by atoms with Gasteiger partial charge in [0.2, 0.25) is 0 Å². The summed E-state index contributed by atoms with van der Waals surface area (Å²) in [5.74, 6) is -3.26. The Labute approximate surface area is 155 Å². The fourth-order valence-electron chi connectivity index (χ4n) is 2.38. The van der Waals surface area contributed by atoms with Crippen LogP contribution in [-0.2, 0) is 14.3 Å². The van der Waals surface area contributed by atoms with Crippen molar-refractivity contribution in [3.63, 3.8) is 0 Å². The second-order valence-corrected chi connectivity index (χ2v) is 6.07. The van der Waals surface area contributed by atoms with Crippen molar-refractivity contribution in [1.82, 2.24) is 0 Å². The first-order chi connectivity index (χ1) is 12.8. The zero-order valence-electron chi connectivity index (χ0n) is 15.0. The van der Waals surface area contributed by atoms with Crippen molar-refractivity contribution in [2.45, 2.75) is 26.7 Å². The number of ether oxygens (including phenoxy) is 1. The predicted octanol–water partition coefficient (Wildman–Crippen LogP) is 3.73. The number of ketones is 1. The summed E-state index contributed by atoms with van der Waals surface area (Å²) in [4.78, 5) is 35.6. The summed E-state index contributed by atoms with van der Waals surface area (Å²) in [5.41, 5.74) is 1.95. The van der Waals surface area contributed by atoms with Crippen LogP contribution in [0.25, 0.3) is 0 Å². The maximum atomic E-state index is 13.4. The topological polar surface area (TPSA) is 72.5 Å². The average molecular weight is 375 g/mol. The summed E-state index contributed by atoms with van der Waals surface area (Å²) in [7, 11) is 0. The number of aryl methyl sites for hydroxylation is 2. The number of hydrogen-bond acceptors (Lipinski definition) is 4. The van der Waals surface area contributed by atoms with Crippen molar-refractivity contribution in [2.75, 3.05) is 11.9 Å². The molecule has 1 N–H and O–H groups in total. The van der Waals surface area contributed by atoms with E-state index in [1.54, 1.807) is 13.0 Å². The zero-order valence-corrected chi connectivity index (χ0v) is 15.0. The second-order valence-electron chi connectivity index (χ2n) is 6.07. The van der Waals surface area contributed by atoms with E-state index in [1.807, 2.05) is 19.1 Å². The number of nitrogens with one attached hydrogen (secondary N) is 1. The van der Waals surface area contributed by atoms with E-state index < -0.39 is 30.1 Å². The number of Topliss-reactive ketones (excluding diaryl/α,β-unsaturated/α-hetero) is 1. The molecule has 2 aromatic rings. The number of anilines is 1. The van der Waals surface area contributed by atoms with Crippen LogP contribution in [0.1, 0.15) is 34.3 Å². The predicted molar refractivity (Wildman–Crippen MR) is 95.4 cm³/mol. The Kier molecular flexibility index (Phi) is 6.76. The summed E-state index contributed by atoms with van der Waals surface area (Å²) >= 11 is 0. The third-order valence-corrected chi connectivity index (χ3v) is 3.82. The minimum Gasteiger partial charge on any atom is -0.456 e. The highest BCUT2D eigenvalue weighted by Gasteiger charge is 2.14. The van der Waals surface area contributed by atoms with Crippen LogP contribution in [0.4, 0.5) is 14.5 Å². The van der Waals surface area contributed by atoms with Crippen LogP contribution in [0.2, 0.25) is 0 Å². The number of hydrogen-bond donors (Lipinski definition) is 1. The fourth-order valence-corrected chi connectivity index (χ4v) is 2.38. The van der Waals surface area contributed by atoms with Gasteiger partial charge >= 0.3 is 5.97 Å². The highest BCUT2D eigenvalue weighted by Crippen LogP contribution is 2.16. The van der Waals surface area contributed by atoms with Crippen LogP contribution in [-0.4, -0.2) is 24.3 Å². The van der Waals surface area contributed by atoms with Gasteiger partial charge in [0.05, 0.1) is 12.1 Å². The summed E-state index contributed by atoms with van der Waals surface area (Å²) in [6, 6.07) is 8.08. The van der Waals surface area contributed by atoms with Gasteiger partial charge in [-0.1, -0.05) is 17.7 Å². The van der Waals surface area contributed by atoms with Gasteiger partial charge in [-0.15, -0.1) is 0 Å². The third-order valence-electron chi connectivity index (χ3n) is 3.82. The van der Waals surface area contributed by atoms with Crippen LogP contribution in [0, 0.1) is 25.5 Å². The van der Waals surface area contributed by atoms with Gasteiger partial charge in [-0.05, 0) is 37.6 Å². The minimum atomic E-state index is -0.811. The van der Waals surface area contributed by atoms with Crippen LogP contribution in [0.15, 0.2) is 36.4 Å². The van der Waals surface area contributed by atoms with E-state index in [2.05, 4.69) is 5.32 Å². The van der Waals surface area contributed by atoms with E-state index in [0.717, 1.165) is 29.3 Å². The quantitative estimate of drug-likeness (QED) is 0.591. The standard InChI is InChI=1S/C20H19F2NO4/c1-12-3-4-13(2)15(9-12)18(24)7-8-20(26)27-11-19(25)23-17-10-14(21)5-6-16(17)22/h3-6,9-10H,7-8,11H2,1-2H3,(H,23,25). The Morgan fingerprint density at radius 1 is 1.00 bits per heavy atom. The molecule has 0 spiro atoms. The molecule has 2 rings (SSSR count). The molecule has 7 heteroatoms. The number of amides is 1. The van der Waals surface area contributed by atoms with Crippen molar-refractivity contribution >= 4 is 23.3 Å². The maximum Gasteiger partial charge on any atom is 0.306 e. The van der Waals surface area contributed by atoms with Gasteiger partial charge in [-0.3, -0.25) is 14.4 Å². The number of benzene rings is 2. The molecule has 0 heterocycles. The van der Waals surface area contributed by atoms with Gasteiger partial charge in [0.15, 0.2) is 12.4 Å². The number of esters is 1. The number of rotatable bonds is 7. The van der Waals surface area contributed by atoms with Crippen molar-refractivity contribution in [1.29, 1.82) is 0 Å². The molecule has 0 unspecified atom stereocenters. The Morgan fingerprint density at radius 2 is 1.74 bits per heavy atom. The van der Waals surface area contributed by atoms with Crippen molar-refractivity contribution in [3.8, 4) is 0 Å². The van der Waals surface area contributed by atoms with Crippen molar-refractivity contribution in [2.24, 2.45) is 0 Å².